The van der Waals surface area contributed by atoms with Gasteiger partial charge in [0.05, 0.1) is 11.2 Å². The lowest BCUT2D eigenvalue weighted by Crippen LogP contribution is -2.46. The van der Waals surface area contributed by atoms with E-state index in [1.807, 2.05) is 13.8 Å². The number of halogens is 9. The number of rotatable bonds is 10. The van der Waals surface area contributed by atoms with E-state index in [2.05, 4.69) is 20.3 Å². The number of ketones is 2. The summed E-state index contributed by atoms with van der Waals surface area (Å²) in [6.45, 7) is 8.95. The van der Waals surface area contributed by atoms with Gasteiger partial charge in [-0.25, -0.2) is 9.37 Å². The van der Waals surface area contributed by atoms with Crippen LogP contribution in [0.5, 0.6) is 5.75 Å². The molecule has 10 nitrogen and oxygen atoms in total. The smallest absolute Gasteiger partial charge is 0.458 e. The van der Waals surface area contributed by atoms with Crippen LogP contribution in [0.3, 0.4) is 0 Å². The van der Waals surface area contributed by atoms with E-state index in [4.69, 9.17) is 33.7 Å². The third-order valence-electron chi connectivity index (χ3n) is 7.35. The van der Waals surface area contributed by atoms with Crippen molar-refractivity contribution in [3.8, 4) is 16.9 Å². The molecule has 3 heterocycles. The van der Waals surface area contributed by atoms with E-state index in [1.165, 1.54) is 25.0 Å². The number of anilines is 1. The van der Waals surface area contributed by atoms with Gasteiger partial charge < -0.3 is 20.7 Å². The van der Waals surface area contributed by atoms with Gasteiger partial charge in [0.25, 0.3) is 0 Å². The van der Waals surface area contributed by atoms with Crippen molar-refractivity contribution in [2.24, 2.45) is 0 Å². The number of carbonyl (C=O) groups is 3. The third-order valence-corrected chi connectivity index (χ3v) is 8.06. The number of alkyl halides is 6. The predicted octanol–water partition coefficient (Wildman–Crippen LogP) is 6.31. The summed E-state index contributed by atoms with van der Waals surface area (Å²) >= 11 is 12.4. The van der Waals surface area contributed by atoms with Crippen molar-refractivity contribution >= 4 is 46.5 Å². The lowest BCUT2D eigenvalue weighted by Gasteiger charge is -2.25. The molecule has 4 rings (SSSR count). The standard InChI is InChI=1S/C26H31Cl2FN6O2.C4F6O2/c1-16(22-19(27)6-7-20(29)23(22)28)37-21-12-17(13-32-24(21)30)18-14-33-35(15-18)26(2,3)25(36)31-8-11-34-9-4-5-10-34;5-3(6,7)1(11)2(12)4(8,9)10/h6-7,12-16H,4-5,8-11H2,1-3H3,(H2,30,32)(H,31,36);. The number of nitrogen functional groups attached to an aromatic ring is 1. The fraction of sp³-hybridized carbons (Fsp3) is 0.433. The molecule has 1 aromatic carbocycles. The SMILES string of the molecule is CC(Oc1cc(-c2cnn(C(C)(C)C(=O)NCCN3CCCC3)c2)cnc1N)c1c(Cl)ccc(F)c1Cl.O=C(C(=O)C(F)(F)F)C(F)(F)F. The summed E-state index contributed by atoms with van der Waals surface area (Å²) in [5.41, 5.74) is 6.88. The van der Waals surface area contributed by atoms with Gasteiger partial charge in [0.1, 0.15) is 17.5 Å². The molecule has 1 amide bonds. The minimum absolute atomic E-state index is 0.107. The summed E-state index contributed by atoms with van der Waals surface area (Å²) in [7, 11) is 0. The van der Waals surface area contributed by atoms with Crippen LogP contribution in [-0.4, -0.2) is 75.7 Å². The quantitative estimate of drug-likeness (QED) is 0.140. The largest absolute Gasteiger partial charge is 0.482 e. The Labute approximate surface area is 285 Å². The van der Waals surface area contributed by atoms with Gasteiger partial charge in [0.2, 0.25) is 5.91 Å². The van der Waals surface area contributed by atoms with E-state index < -0.39 is 41.4 Å². The normalized spacial score (nSPS) is 14.5. The molecule has 1 atom stereocenters. The number of aromatic nitrogens is 3. The number of hydrogen-bond acceptors (Lipinski definition) is 8. The molecule has 1 aliphatic rings. The summed E-state index contributed by atoms with van der Waals surface area (Å²) in [4.78, 5) is 38.8. The highest BCUT2D eigenvalue weighted by Crippen LogP contribution is 2.37. The number of likely N-dealkylation sites (tertiary alicyclic amines) is 1. The van der Waals surface area contributed by atoms with Crippen LogP contribution in [0, 0.1) is 5.82 Å². The van der Waals surface area contributed by atoms with Crippen LogP contribution in [0.1, 0.15) is 45.3 Å². The first kappa shape index (κ1) is 39.5. The number of carbonyl (C=O) groups excluding carboxylic acids is 3. The van der Waals surface area contributed by atoms with Gasteiger partial charge in [-0.3, -0.25) is 19.1 Å². The van der Waals surface area contributed by atoms with E-state index in [0.717, 1.165) is 25.2 Å². The summed E-state index contributed by atoms with van der Waals surface area (Å²) in [6, 6.07) is 4.34. The predicted molar refractivity (Wildman–Crippen MR) is 165 cm³/mol. The minimum atomic E-state index is -5.77. The summed E-state index contributed by atoms with van der Waals surface area (Å²) in [5, 5.41) is 7.63. The number of amides is 1. The molecule has 3 aromatic rings. The molecule has 3 N–H and O–H groups in total. The van der Waals surface area contributed by atoms with Crippen LogP contribution in [-0.2, 0) is 19.9 Å². The van der Waals surface area contributed by atoms with Crippen LogP contribution < -0.4 is 15.8 Å². The highest BCUT2D eigenvalue weighted by Gasteiger charge is 2.54. The zero-order valence-corrected chi connectivity index (χ0v) is 27.7. The first-order valence-corrected chi connectivity index (χ1v) is 15.2. The number of nitrogens with zero attached hydrogens (tertiary/aromatic N) is 4. The van der Waals surface area contributed by atoms with E-state index in [9.17, 15) is 45.1 Å². The van der Waals surface area contributed by atoms with E-state index in [0.29, 0.717) is 17.7 Å². The molecule has 0 aliphatic carbocycles. The Hall–Kier alpha value is -3.96. The number of ether oxygens (including phenoxy) is 1. The summed E-state index contributed by atoms with van der Waals surface area (Å²) in [5.74, 6) is -7.08. The maximum Gasteiger partial charge on any atom is 0.458 e. The number of Topliss-reactive ketones (excluding diaryl/α,β-unsaturated/α-hetero) is 2. The Balaban J connectivity index is 0.000000463. The molecule has 19 heteroatoms. The van der Waals surface area contributed by atoms with Crippen LogP contribution in [0.15, 0.2) is 36.8 Å². The second-order valence-corrected chi connectivity index (χ2v) is 12.1. The zero-order valence-electron chi connectivity index (χ0n) is 26.2. The molecule has 0 radical (unpaired) electrons. The summed E-state index contributed by atoms with van der Waals surface area (Å²) < 4.78 is 88.6. The molecule has 1 fully saturated rings. The molecule has 0 spiro atoms. The monoisotopic (exact) mass is 742 g/mol. The average molecular weight is 744 g/mol. The van der Waals surface area contributed by atoms with Crippen molar-refractivity contribution in [3.05, 3.63) is 58.2 Å². The van der Waals surface area contributed by atoms with Crippen molar-refractivity contribution in [1.82, 2.24) is 25.0 Å². The average Bonchev–Trinajstić information content (AvgIpc) is 3.72. The molecule has 268 valence electrons. The molecular weight excluding hydrogens is 712 g/mol. The molecule has 2 aromatic heterocycles. The maximum atomic E-state index is 14.0. The van der Waals surface area contributed by atoms with Gasteiger partial charge in [-0.2, -0.15) is 31.4 Å². The summed E-state index contributed by atoms with van der Waals surface area (Å²) in [6.07, 6.45) is -4.78. The van der Waals surface area contributed by atoms with Crippen molar-refractivity contribution in [2.45, 2.75) is 57.6 Å². The van der Waals surface area contributed by atoms with Crippen LogP contribution >= 0.6 is 23.2 Å². The minimum Gasteiger partial charge on any atom is -0.482 e. The van der Waals surface area contributed by atoms with Crippen molar-refractivity contribution in [2.75, 3.05) is 31.9 Å². The molecular formula is C30H31Cl2F7N6O4. The Morgan fingerprint density at radius 3 is 2.16 bits per heavy atom. The Kier molecular flexibility index (Phi) is 12.7. The maximum absolute atomic E-state index is 14.0. The van der Waals surface area contributed by atoms with E-state index in [1.54, 1.807) is 36.3 Å². The molecule has 1 unspecified atom stereocenters. The first-order valence-electron chi connectivity index (χ1n) is 14.5. The van der Waals surface area contributed by atoms with Crippen LogP contribution in [0.2, 0.25) is 10.0 Å². The van der Waals surface area contributed by atoms with Gasteiger partial charge in [-0.05, 0) is 64.9 Å². The molecule has 1 saturated heterocycles. The van der Waals surface area contributed by atoms with Crippen LogP contribution in [0.25, 0.3) is 11.1 Å². The number of hydrogen-bond donors (Lipinski definition) is 2. The lowest BCUT2D eigenvalue weighted by molar-refractivity contribution is -0.193. The van der Waals surface area contributed by atoms with Gasteiger partial charge in [-0.15, -0.1) is 0 Å². The Morgan fingerprint density at radius 2 is 1.59 bits per heavy atom. The third kappa shape index (κ3) is 10.0. The van der Waals surface area contributed by atoms with E-state index in [-0.39, 0.29) is 27.5 Å². The molecule has 0 bridgehead atoms. The van der Waals surface area contributed by atoms with E-state index >= 15 is 0 Å². The fourth-order valence-electron chi connectivity index (χ4n) is 4.56. The van der Waals surface area contributed by atoms with Gasteiger partial charge in [0, 0.05) is 47.2 Å². The van der Waals surface area contributed by atoms with Gasteiger partial charge >= 0.3 is 23.9 Å². The molecule has 0 saturated carbocycles. The second-order valence-electron chi connectivity index (χ2n) is 11.3. The number of benzene rings is 1. The number of nitrogens with two attached hydrogens (primary N) is 1. The first-order chi connectivity index (χ1) is 22.6. The number of nitrogens with one attached hydrogen (secondary N) is 1. The second kappa shape index (κ2) is 15.7. The Bertz CT molecular complexity index is 1650. The topological polar surface area (TPSA) is 132 Å². The van der Waals surface area contributed by atoms with Crippen LogP contribution in [0.4, 0.5) is 36.6 Å². The molecule has 49 heavy (non-hydrogen) atoms. The van der Waals surface area contributed by atoms with Gasteiger partial charge in [-0.1, -0.05) is 23.2 Å². The number of pyridine rings is 1. The highest BCUT2D eigenvalue weighted by atomic mass is 35.5. The van der Waals surface area contributed by atoms with Gasteiger partial charge in [0.15, 0.2) is 11.6 Å². The Morgan fingerprint density at radius 1 is 1.00 bits per heavy atom. The highest BCUT2D eigenvalue weighted by molar-refractivity contribution is 6.41. The fourth-order valence-corrected chi connectivity index (χ4v) is 5.24. The van der Waals surface area contributed by atoms with Crippen molar-refractivity contribution in [3.63, 3.8) is 0 Å². The van der Waals surface area contributed by atoms with Crippen molar-refractivity contribution < 1.29 is 49.9 Å². The molecule has 1 aliphatic heterocycles. The van der Waals surface area contributed by atoms with Crippen molar-refractivity contribution in [1.29, 1.82) is 0 Å². The lowest BCUT2D eigenvalue weighted by atomic mass is 10.0. The zero-order chi connectivity index (χ0) is 36.9.